The Kier molecular flexibility index (Phi) is 6.76. The zero-order valence-corrected chi connectivity index (χ0v) is 20.1. The zero-order valence-electron chi connectivity index (χ0n) is 20.1. The summed E-state index contributed by atoms with van der Waals surface area (Å²) in [6, 6.07) is 27.2. The number of H-pyrrole nitrogens is 1. The molecule has 0 spiro atoms. The van der Waals surface area contributed by atoms with Gasteiger partial charge in [0.2, 0.25) is 5.91 Å². The lowest BCUT2D eigenvalue weighted by Crippen LogP contribution is -2.12. The van der Waals surface area contributed by atoms with Crippen molar-refractivity contribution < 1.29 is 14.3 Å². The number of para-hydroxylation sites is 2. The molecule has 0 aliphatic carbocycles. The number of esters is 1. The second kappa shape index (κ2) is 10.4. The highest BCUT2D eigenvalue weighted by atomic mass is 16.5. The van der Waals surface area contributed by atoms with E-state index in [1.54, 1.807) is 31.2 Å². The number of pyridine rings is 1. The summed E-state index contributed by atoms with van der Waals surface area (Å²) in [5.74, 6) is -0.435. The number of amides is 1. The highest BCUT2D eigenvalue weighted by Gasteiger charge is 2.15. The minimum atomic E-state index is -0.370. The molecule has 0 fully saturated rings. The number of carbonyl (C=O) groups excluding carboxylic acids is 2. The number of benzene rings is 3. The number of aryl methyl sites for hydroxylation is 1. The standard InChI is InChI=1S/C30H27N3O3/c1-2-36-30(35)21-14-17-22(18-15-21)31-28(34)13-7-10-24-23-9-4-6-12-26(23)33-29(24)27-19-16-20-8-3-5-11-25(20)32-27/h3-6,8-9,11-12,14-19,33H,2,7,10,13H2,1H3,(H,31,34). The van der Waals surface area contributed by atoms with Gasteiger partial charge in [-0.2, -0.15) is 0 Å². The van der Waals surface area contributed by atoms with Gasteiger partial charge in [-0.25, -0.2) is 9.78 Å². The van der Waals surface area contributed by atoms with Gasteiger partial charge in [0.15, 0.2) is 0 Å². The fourth-order valence-electron chi connectivity index (χ4n) is 4.44. The maximum atomic E-state index is 12.6. The molecule has 2 aromatic heterocycles. The molecule has 1 amide bonds. The molecular weight excluding hydrogens is 450 g/mol. The van der Waals surface area contributed by atoms with Crippen molar-refractivity contribution in [2.75, 3.05) is 11.9 Å². The predicted octanol–water partition coefficient (Wildman–Crippen LogP) is 6.52. The monoisotopic (exact) mass is 477 g/mol. The van der Waals surface area contributed by atoms with Crippen LogP contribution in [0.15, 0.2) is 84.9 Å². The van der Waals surface area contributed by atoms with Crippen molar-refractivity contribution >= 4 is 39.4 Å². The van der Waals surface area contributed by atoms with Crippen LogP contribution in [0.3, 0.4) is 0 Å². The highest BCUT2D eigenvalue weighted by Crippen LogP contribution is 2.31. The van der Waals surface area contributed by atoms with E-state index < -0.39 is 0 Å². The summed E-state index contributed by atoms with van der Waals surface area (Å²) in [5.41, 5.74) is 6.18. The van der Waals surface area contributed by atoms with Crippen LogP contribution in [0.5, 0.6) is 0 Å². The Hall–Kier alpha value is -4.45. The van der Waals surface area contributed by atoms with E-state index in [4.69, 9.17) is 9.72 Å². The first-order valence-corrected chi connectivity index (χ1v) is 12.1. The van der Waals surface area contributed by atoms with Crippen molar-refractivity contribution in [3.8, 4) is 11.4 Å². The highest BCUT2D eigenvalue weighted by molar-refractivity contribution is 5.94. The number of anilines is 1. The van der Waals surface area contributed by atoms with Crippen molar-refractivity contribution in [1.82, 2.24) is 9.97 Å². The number of carbonyl (C=O) groups is 2. The summed E-state index contributed by atoms with van der Waals surface area (Å²) < 4.78 is 5.00. The molecule has 180 valence electrons. The molecule has 2 N–H and O–H groups in total. The maximum absolute atomic E-state index is 12.6. The molecule has 6 nitrogen and oxygen atoms in total. The van der Waals surface area contributed by atoms with Crippen LogP contribution in [0.1, 0.15) is 35.7 Å². The van der Waals surface area contributed by atoms with E-state index in [1.807, 2.05) is 36.4 Å². The Morgan fingerprint density at radius 3 is 2.53 bits per heavy atom. The summed E-state index contributed by atoms with van der Waals surface area (Å²) in [6.45, 7) is 2.09. The van der Waals surface area contributed by atoms with E-state index in [-0.39, 0.29) is 11.9 Å². The lowest BCUT2D eigenvalue weighted by Gasteiger charge is -2.08. The Morgan fingerprint density at radius 2 is 1.69 bits per heavy atom. The first-order valence-electron chi connectivity index (χ1n) is 12.1. The van der Waals surface area contributed by atoms with Crippen molar-refractivity contribution in [3.63, 3.8) is 0 Å². The van der Waals surface area contributed by atoms with Gasteiger partial charge in [0.25, 0.3) is 0 Å². The number of rotatable bonds is 8. The van der Waals surface area contributed by atoms with Gasteiger partial charge >= 0.3 is 5.97 Å². The van der Waals surface area contributed by atoms with Crippen LogP contribution < -0.4 is 5.32 Å². The topological polar surface area (TPSA) is 84.1 Å². The van der Waals surface area contributed by atoms with Gasteiger partial charge in [0.1, 0.15) is 0 Å². The lowest BCUT2D eigenvalue weighted by molar-refractivity contribution is -0.116. The second-order valence-electron chi connectivity index (χ2n) is 8.61. The fourth-order valence-corrected chi connectivity index (χ4v) is 4.44. The average molecular weight is 478 g/mol. The summed E-state index contributed by atoms with van der Waals surface area (Å²) in [6.07, 6.45) is 1.81. The van der Waals surface area contributed by atoms with Crippen LogP contribution in [-0.4, -0.2) is 28.5 Å². The number of ether oxygens (including phenoxy) is 1. The normalized spacial score (nSPS) is 11.0. The molecule has 0 saturated carbocycles. The first-order chi connectivity index (χ1) is 17.6. The summed E-state index contributed by atoms with van der Waals surface area (Å²) in [5, 5.41) is 5.17. The third-order valence-electron chi connectivity index (χ3n) is 6.18. The van der Waals surface area contributed by atoms with E-state index in [9.17, 15) is 9.59 Å². The predicted molar refractivity (Wildman–Crippen MR) is 143 cm³/mol. The summed E-state index contributed by atoms with van der Waals surface area (Å²) in [4.78, 5) is 32.8. The number of nitrogens with one attached hydrogen (secondary N) is 2. The molecule has 0 aliphatic rings. The molecule has 6 heteroatoms. The van der Waals surface area contributed by atoms with Crippen molar-refractivity contribution in [1.29, 1.82) is 0 Å². The number of hydrogen-bond acceptors (Lipinski definition) is 4. The Bertz CT molecular complexity index is 1540. The maximum Gasteiger partial charge on any atom is 0.338 e. The van der Waals surface area contributed by atoms with Crippen molar-refractivity contribution in [2.45, 2.75) is 26.2 Å². The Morgan fingerprint density at radius 1 is 0.917 bits per heavy atom. The SMILES string of the molecule is CCOC(=O)c1ccc(NC(=O)CCCc2c(-c3ccc4ccccc4n3)[nH]c3ccccc23)cc1. The van der Waals surface area contributed by atoms with Crippen molar-refractivity contribution in [3.05, 3.63) is 96.1 Å². The molecule has 3 aromatic carbocycles. The third kappa shape index (κ3) is 4.98. The van der Waals surface area contributed by atoms with Gasteiger partial charge in [-0.1, -0.05) is 42.5 Å². The van der Waals surface area contributed by atoms with Gasteiger partial charge in [-0.05, 0) is 67.8 Å². The molecule has 36 heavy (non-hydrogen) atoms. The lowest BCUT2D eigenvalue weighted by atomic mass is 10.0. The van der Waals surface area contributed by atoms with E-state index in [2.05, 4.69) is 34.6 Å². The van der Waals surface area contributed by atoms with Crippen LogP contribution in [0.25, 0.3) is 33.2 Å². The van der Waals surface area contributed by atoms with Gasteiger partial charge in [0.05, 0.1) is 29.1 Å². The molecule has 5 aromatic rings. The van der Waals surface area contributed by atoms with Gasteiger partial charge in [-0.15, -0.1) is 0 Å². The Balaban J connectivity index is 1.29. The minimum absolute atomic E-state index is 0.0656. The number of aromatic nitrogens is 2. The number of aromatic amines is 1. The van der Waals surface area contributed by atoms with Crippen LogP contribution in [-0.2, 0) is 16.0 Å². The molecule has 5 rings (SSSR count). The molecule has 0 bridgehead atoms. The molecule has 0 aliphatic heterocycles. The van der Waals surface area contributed by atoms with E-state index in [0.29, 0.717) is 30.7 Å². The first kappa shape index (κ1) is 23.3. The summed E-state index contributed by atoms with van der Waals surface area (Å²) >= 11 is 0. The summed E-state index contributed by atoms with van der Waals surface area (Å²) in [7, 11) is 0. The van der Waals surface area contributed by atoms with E-state index in [0.717, 1.165) is 39.6 Å². The second-order valence-corrected chi connectivity index (χ2v) is 8.61. The van der Waals surface area contributed by atoms with Crippen LogP contribution in [0, 0.1) is 0 Å². The molecule has 0 unspecified atom stereocenters. The van der Waals surface area contributed by atoms with E-state index >= 15 is 0 Å². The van der Waals surface area contributed by atoms with Crippen LogP contribution >= 0.6 is 0 Å². The largest absolute Gasteiger partial charge is 0.462 e. The number of nitrogens with zero attached hydrogens (tertiary/aromatic N) is 1. The average Bonchev–Trinajstić information content (AvgIpc) is 3.27. The van der Waals surface area contributed by atoms with Crippen molar-refractivity contribution in [2.24, 2.45) is 0 Å². The number of hydrogen-bond donors (Lipinski definition) is 2. The third-order valence-corrected chi connectivity index (χ3v) is 6.18. The quantitative estimate of drug-likeness (QED) is 0.249. The van der Waals surface area contributed by atoms with Gasteiger partial charge < -0.3 is 15.0 Å². The molecule has 0 saturated heterocycles. The zero-order chi connectivity index (χ0) is 24.9. The fraction of sp³-hybridized carbons (Fsp3) is 0.167. The molecule has 2 heterocycles. The molecular formula is C30H27N3O3. The number of fused-ring (bicyclic) bond motifs is 2. The van der Waals surface area contributed by atoms with Gasteiger partial charge in [0, 0.05) is 28.4 Å². The van der Waals surface area contributed by atoms with Crippen LogP contribution in [0.4, 0.5) is 5.69 Å². The minimum Gasteiger partial charge on any atom is -0.462 e. The smallest absolute Gasteiger partial charge is 0.338 e. The van der Waals surface area contributed by atoms with Crippen LogP contribution in [0.2, 0.25) is 0 Å². The molecule has 0 radical (unpaired) electrons. The Labute approximate surface area is 209 Å². The van der Waals surface area contributed by atoms with Gasteiger partial charge in [-0.3, -0.25) is 4.79 Å². The van der Waals surface area contributed by atoms with E-state index in [1.165, 1.54) is 5.56 Å². The molecule has 0 atom stereocenters.